The van der Waals surface area contributed by atoms with E-state index in [1.54, 1.807) is 12.1 Å². The summed E-state index contributed by atoms with van der Waals surface area (Å²) in [6, 6.07) is 10.8. The highest BCUT2D eigenvalue weighted by atomic mass is 79.9. The third kappa shape index (κ3) is 4.96. The summed E-state index contributed by atoms with van der Waals surface area (Å²) in [5, 5.41) is 5.44. The molecule has 5 nitrogen and oxygen atoms in total. The highest BCUT2D eigenvalue weighted by Crippen LogP contribution is 2.15. The molecule has 2 rings (SSSR count). The van der Waals surface area contributed by atoms with E-state index in [9.17, 15) is 9.59 Å². The first-order chi connectivity index (χ1) is 11.0. The summed E-state index contributed by atoms with van der Waals surface area (Å²) in [4.78, 5) is 23.7. The van der Waals surface area contributed by atoms with Gasteiger partial charge >= 0.3 is 0 Å². The molecule has 23 heavy (non-hydrogen) atoms. The van der Waals surface area contributed by atoms with Crippen molar-refractivity contribution < 1.29 is 14.0 Å². The summed E-state index contributed by atoms with van der Waals surface area (Å²) in [5.74, 6) is 0.193. The molecule has 0 saturated carbocycles. The van der Waals surface area contributed by atoms with Gasteiger partial charge in [0.1, 0.15) is 0 Å². The Kier molecular flexibility index (Phi) is 5.98. The summed E-state index contributed by atoms with van der Waals surface area (Å²) in [7, 11) is 0. The highest BCUT2D eigenvalue weighted by molar-refractivity contribution is 9.10. The van der Waals surface area contributed by atoms with E-state index in [1.165, 1.54) is 5.56 Å². The first-order valence-corrected chi connectivity index (χ1v) is 8.18. The molecule has 0 bridgehead atoms. The van der Waals surface area contributed by atoms with Gasteiger partial charge in [-0.25, -0.2) is 0 Å². The summed E-state index contributed by atoms with van der Waals surface area (Å²) >= 11 is 3.14. The minimum Gasteiger partial charge on any atom is -0.444 e. The average Bonchev–Trinajstić information content (AvgIpc) is 2.97. The molecule has 0 fully saturated rings. The van der Waals surface area contributed by atoms with Gasteiger partial charge in [-0.2, -0.15) is 0 Å². The number of amides is 2. The third-order valence-corrected chi connectivity index (χ3v) is 3.76. The predicted molar refractivity (Wildman–Crippen MR) is 91.6 cm³/mol. The van der Waals surface area contributed by atoms with Crippen LogP contribution in [-0.4, -0.2) is 24.9 Å². The molecule has 0 saturated heterocycles. The van der Waals surface area contributed by atoms with Crippen LogP contribution >= 0.6 is 15.9 Å². The van der Waals surface area contributed by atoms with Crippen molar-refractivity contribution >= 4 is 27.7 Å². The molecule has 0 unspecified atom stereocenters. The standard InChI is InChI=1S/C17H19BrN2O3/c1-11(2)12-3-5-13(6-4-12)16(21)19-9-10-20-17(22)14-7-8-15(18)23-14/h3-8,11H,9-10H2,1-2H3,(H,19,21)(H,20,22). The number of benzene rings is 1. The van der Waals surface area contributed by atoms with Crippen molar-refractivity contribution in [3.8, 4) is 0 Å². The van der Waals surface area contributed by atoms with Crippen LogP contribution in [0.2, 0.25) is 0 Å². The van der Waals surface area contributed by atoms with E-state index in [0.717, 1.165) is 0 Å². The second kappa shape index (κ2) is 7.97. The molecule has 1 aromatic carbocycles. The topological polar surface area (TPSA) is 71.3 Å². The molecular formula is C17H19BrN2O3. The number of hydrogen-bond acceptors (Lipinski definition) is 3. The molecule has 122 valence electrons. The Morgan fingerprint density at radius 3 is 2.13 bits per heavy atom. The summed E-state index contributed by atoms with van der Waals surface area (Å²) in [6.45, 7) is 4.88. The third-order valence-electron chi connectivity index (χ3n) is 3.33. The smallest absolute Gasteiger partial charge is 0.287 e. The second-order valence-corrected chi connectivity index (χ2v) is 6.17. The van der Waals surface area contributed by atoms with E-state index in [-0.39, 0.29) is 17.6 Å². The Bertz CT molecular complexity index is 677. The average molecular weight is 379 g/mol. The largest absolute Gasteiger partial charge is 0.444 e. The molecule has 2 aromatic rings. The maximum Gasteiger partial charge on any atom is 0.287 e. The maximum absolute atomic E-state index is 12.0. The quantitative estimate of drug-likeness (QED) is 0.757. The Morgan fingerprint density at radius 2 is 1.61 bits per heavy atom. The van der Waals surface area contributed by atoms with Crippen LogP contribution < -0.4 is 10.6 Å². The summed E-state index contributed by atoms with van der Waals surface area (Å²) < 4.78 is 5.64. The van der Waals surface area contributed by atoms with Crippen LogP contribution in [0.15, 0.2) is 45.5 Å². The lowest BCUT2D eigenvalue weighted by atomic mass is 10.0. The first-order valence-electron chi connectivity index (χ1n) is 7.39. The molecule has 6 heteroatoms. The van der Waals surface area contributed by atoms with Gasteiger partial charge in [0.15, 0.2) is 10.4 Å². The lowest BCUT2D eigenvalue weighted by Crippen LogP contribution is -2.34. The molecule has 2 N–H and O–H groups in total. The number of hydrogen-bond donors (Lipinski definition) is 2. The Balaban J connectivity index is 1.75. The fourth-order valence-electron chi connectivity index (χ4n) is 2.00. The van der Waals surface area contributed by atoms with Crippen LogP contribution in [0.25, 0.3) is 0 Å². The Labute approximate surface area is 143 Å². The molecule has 0 radical (unpaired) electrons. The lowest BCUT2D eigenvalue weighted by Gasteiger charge is -2.08. The fraction of sp³-hybridized carbons (Fsp3) is 0.294. The van der Waals surface area contributed by atoms with Crippen molar-refractivity contribution in [2.45, 2.75) is 19.8 Å². The van der Waals surface area contributed by atoms with E-state index in [2.05, 4.69) is 40.4 Å². The zero-order valence-corrected chi connectivity index (χ0v) is 14.6. The maximum atomic E-state index is 12.0. The molecule has 0 aliphatic rings. The second-order valence-electron chi connectivity index (χ2n) is 5.39. The first kappa shape index (κ1) is 17.3. The van der Waals surface area contributed by atoms with Gasteiger partial charge in [-0.15, -0.1) is 0 Å². The molecular weight excluding hydrogens is 360 g/mol. The van der Waals surface area contributed by atoms with Gasteiger partial charge in [0, 0.05) is 18.7 Å². The van der Waals surface area contributed by atoms with E-state index >= 15 is 0 Å². The van der Waals surface area contributed by atoms with Crippen LogP contribution in [0.1, 0.15) is 46.2 Å². The fourth-order valence-corrected chi connectivity index (χ4v) is 2.30. The summed E-state index contributed by atoms with van der Waals surface area (Å²) in [6.07, 6.45) is 0. The normalized spacial score (nSPS) is 10.6. The van der Waals surface area contributed by atoms with E-state index < -0.39 is 0 Å². The van der Waals surface area contributed by atoms with Crippen LogP contribution in [0.5, 0.6) is 0 Å². The lowest BCUT2D eigenvalue weighted by molar-refractivity contribution is 0.0909. The zero-order chi connectivity index (χ0) is 16.8. The molecule has 2 amide bonds. The number of carbonyl (C=O) groups excluding carboxylic acids is 2. The number of halogens is 1. The highest BCUT2D eigenvalue weighted by Gasteiger charge is 2.10. The summed E-state index contributed by atoms with van der Waals surface area (Å²) in [5.41, 5.74) is 1.80. The minimum absolute atomic E-state index is 0.157. The molecule has 0 spiro atoms. The van der Waals surface area contributed by atoms with Crippen molar-refractivity contribution in [1.29, 1.82) is 0 Å². The van der Waals surface area contributed by atoms with E-state index in [1.807, 2.05) is 24.3 Å². The monoisotopic (exact) mass is 378 g/mol. The van der Waals surface area contributed by atoms with Crippen LogP contribution in [0.4, 0.5) is 0 Å². The number of carbonyl (C=O) groups is 2. The van der Waals surface area contributed by atoms with Crippen LogP contribution in [0, 0.1) is 0 Å². The van der Waals surface area contributed by atoms with Crippen molar-refractivity contribution in [3.05, 3.63) is 58.0 Å². The predicted octanol–water partition coefficient (Wildman–Crippen LogP) is 3.33. The SMILES string of the molecule is CC(C)c1ccc(C(=O)NCCNC(=O)c2ccc(Br)o2)cc1. The number of rotatable bonds is 6. The van der Waals surface area contributed by atoms with Gasteiger partial charge in [0.05, 0.1) is 0 Å². The van der Waals surface area contributed by atoms with Crippen molar-refractivity contribution in [3.63, 3.8) is 0 Å². The molecule has 0 atom stereocenters. The van der Waals surface area contributed by atoms with Gasteiger partial charge in [-0.1, -0.05) is 26.0 Å². The minimum atomic E-state index is -0.314. The molecule has 0 aliphatic carbocycles. The molecule has 1 aromatic heterocycles. The van der Waals surface area contributed by atoms with Crippen molar-refractivity contribution in [2.24, 2.45) is 0 Å². The van der Waals surface area contributed by atoms with Crippen molar-refractivity contribution in [2.75, 3.05) is 13.1 Å². The van der Waals surface area contributed by atoms with Gasteiger partial charge < -0.3 is 15.1 Å². The van der Waals surface area contributed by atoms with Gasteiger partial charge in [-0.05, 0) is 51.7 Å². The van der Waals surface area contributed by atoms with Gasteiger partial charge in [0.2, 0.25) is 0 Å². The Morgan fingerprint density at radius 1 is 1.00 bits per heavy atom. The van der Waals surface area contributed by atoms with Crippen LogP contribution in [0.3, 0.4) is 0 Å². The van der Waals surface area contributed by atoms with Gasteiger partial charge in [-0.3, -0.25) is 9.59 Å². The number of nitrogens with one attached hydrogen (secondary N) is 2. The molecule has 1 heterocycles. The zero-order valence-electron chi connectivity index (χ0n) is 13.1. The van der Waals surface area contributed by atoms with Crippen LogP contribution in [-0.2, 0) is 0 Å². The molecule has 0 aliphatic heterocycles. The van der Waals surface area contributed by atoms with Crippen molar-refractivity contribution in [1.82, 2.24) is 10.6 Å². The van der Waals surface area contributed by atoms with E-state index in [0.29, 0.717) is 29.2 Å². The van der Waals surface area contributed by atoms with E-state index in [4.69, 9.17) is 4.42 Å². The Hall–Kier alpha value is -2.08. The van der Waals surface area contributed by atoms with Gasteiger partial charge in [0.25, 0.3) is 11.8 Å². The number of furan rings is 1.